The van der Waals surface area contributed by atoms with Crippen LogP contribution in [0, 0.1) is 24.0 Å². The van der Waals surface area contributed by atoms with Gasteiger partial charge in [0.05, 0.1) is 11.5 Å². The maximum atomic E-state index is 12.7. The molecule has 0 unspecified atom stereocenters. The lowest BCUT2D eigenvalue weighted by Crippen LogP contribution is -2.10. The van der Waals surface area contributed by atoms with Gasteiger partial charge in [-0.15, -0.1) is 0 Å². The molecule has 0 aliphatic rings. The van der Waals surface area contributed by atoms with Gasteiger partial charge in [0.1, 0.15) is 6.20 Å². The fourth-order valence-corrected chi connectivity index (χ4v) is 2.17. The average Bonchev–Trinajstić information content (AvgIpc) is 2.71. The Kier molecular flexibility index (Phi) is 3.71. The summed E-state index contributed by atoms with van der Waals surface area (Å²) in [6.07, 6.45) is -4.04. The molecule has 0 atom stereocenters. The molecule has 0 bridgehead atoms. The molecule has 0 saturated carbocycles. The van der Waals surface area contributed by atoms with Gasteiger partial charge in [0, 0.05) is 0 Å². The van der Waals surface area contributed by atoms with Crippen LogP contribution < -0.4 is 0 Å². The van der Waals surface area contributed by atoms with Crippen molar-refractivity contribution < 1.29 is 18.1 Å². The second-order valence-corrected chi connectivity index (χ2v) is 4.81. The summed E-state index contributed by atoms with van der Waals surface area (Å²) in [5.41, 5.74) is 0.146. The normalized spacial score (nSPS) is 11.7. The van der Waals surface area contributed by atoms with Gasteiger partial charge in [0.2, 0.25) is 5.69 Å². The molecule has 1 aromatic carbocycles. The van der Waals surface area contributed by atoms with Crippen molar-refractivity contribution in [2.45, 2.75) is 26.6 Å². The molecule has 0 fully saturated rings. The van der Waals surface area contributed by atoms with E-state index < -0.39 is 22.5 Å². The number of benzene rings is 1. The first-order chi connectivity index (χ1) is 9.66. The third-order valence-electron chi connectivity index (χ3n) is 2.83. The Morgan fingerprint density at radius 3 is 2.24 bits per heavy atom. The van der Waals surface area contributed by atoms with E-state index in [0.29, 0.717) is 0 Å². The van der Waals surface area contributed by atoms with E-state index in [1.165, 1.54) is 0 Å². The van der Waals surface area contributed by atoms with Gasteiger partial charge in [-0.1, -0.05) is 29.3 Å². The fraction of sp³-hybridized carbons (Fsp3) is 0.308. The van der Waals surface area contributed by atoms with Crippen LogP contribution in [0.4, 0.5) is 18.9 Å². The summed E-state index contributed by atoms with van der Waals surface area (Å²) in [5.74, 6) is 0. The summed E-state index contributed by atoms with van der Waals surface area (Å²) >= 11 is 0. The molecule has 1 aromatic heterocycles. The number of hydrogen-bond acceptors (Lipinski definition) is 3. The second-order valence-electron chi connectivity index (χ2n) is 4.81. The minimum Gasteiger partial charge on any atom is -0.261 e. The molecule has 112 valence electrons. The molecular weight excluding hydrogens is 287 g/mol. The number of hydrogen-bond donors (Lipinski definition) is 0. The Bertz CT molecular complexity index is 672. The molecule has 0 radical (unpaired) electrons. The predicted octanol–water partition coefficient (Wildman–Crippen LogP) is 3.48. The monoisotopic (exact) mass is 299 g/mol. The quantitative estimate of drug-likeness (QED) is 0.644. The summed E-state index contributed by atoms with van der Waals surface area (Å²) in [6, 6.07) is 5.53. The first-order valence-corrected chi connectivity index (χ1v) is 6.03. The van der Waals surface area contributed by atoms with Gasteiger partial charge >= 0.3 is 11.9 Å². The van der Waals surface area contributed by atoms with Crippen molar-refractivity contribution in [3.8, 4) is 0 Å². The van der Waals surface area contributed by atoms with Gasteiger partial charge in [-0.3, -0.25) is 14.8 Å². The number of nitro groups is 1. The van der Waals surface area contributed by atoms with Crippen LogP contribution in [-0.2, 0) is 12.7 Å². The third-order valence-corrected chi connectivity index (χ3v) is 2.83. The second kappa shape index (κ2) is 5.19. The van der Waals surface area contributed by atoms with Crippen LogP contribution >= 0.6 is 0 Å². The highest BCUT2D eigenvalue weighted by Gasteiger charge is 2.42. The van der Waals surface area contributed by atoms with Crippen LogP contribution in [0.25, 0.3) is 0 Å². The van der Waals surface area contributed by atoms with Crippen molar-refractivity contribution in [3.05, 3.63) is 56.9 Å². The minimum absolute atomic E-state index is 0.0411. The van der Waals surface area contributed by atoms with Gasteiger partial charge in [0.25, 0.3) is 0 Å². The smallest absolute Gasteiger partial charge is 0.261 e. The van der Waals surface area contributed by atoms with Gasteiger partial charge in [-0.2, -0.15) is 18.3 Å². The summed E-state index contributed by atoms with van der Waals surface area (Å²) in [6.45, 7) is 3.77. The topological polar surface area (TPSA) is 61.0 Å². The Labute approximate surface area is 118 Å². The predicted molar refractivity (Wildman–Crippen MR) is 68.9 cm³/mol. The van der Waals surface area contributed by atoms with Crippen LogP contribution in [0.2, 0.25) is 0 Å². The standard InChI is InChI=1S/C13H12F3N3O2/c1-8-3-9(2)5-10(4-8)6-18-7-11(19(20)21)12(17-18)13(14,15)16/h3-5,7H,6H2,1-2H3. The maximum absolute atomic E-state index is 12.7. The van der Waals surface area contributed by atoms with Gasteiger partial charge < -0.3 is 0 Å². The maximum Gasteiger partial charge on any atom is 0.442 e. The zero-order valence-corrected chi connectivity index (χ0v) is 11.3. The fourth-order valence-electron chi connectivity index (χ4n) is 2.17. The summed E-state index contributed by atoms with van der Waals surface area (Å²) in [4.78, 5) is 9.62. The zero-order chi connectivity index (χ0) is 15.8. The lowest BCUT2D eigenvalue weighted by Gasteiger charge is -2.05. The first-order valence-electron chi connectivity index (χ1n) is 6.03. The van der Waals surface area contributed by atoms with Crippen molar-refractivity contribution >= 4 is 5.69 Å². The molecule has 5 nitrogen and oxygen atoms in total. The molecular formula is C13H12F3N3O2. The minimum atomic E-state index is -4.85. The van der Waals surface area contributed by atoms with Crippen molar-refractivity contribution in [2.24, 2.45) is 0 Å². The number of aromatic nitrogens is 2. The van der Waals surface area contributed by atoms with Crippen molar-refractivity contribution in [1.82, 2.24) is 9.78 Å². The Morgan fingerprint density at radius 2 is 1.81 bits per heavy atom. The number of rotatable bonds is 3. The van der Waals surface area contributed by atoms with Crippen molar-refractivity contribution in [1.29, 1.82) is 0 Å². The van der Waals surface area contributed by atoms with Gasteiger partial charge in [-0.05, 0) is 19.4 Å². The molecule has 0 aliphatic heterocycles. The lowest BCUT2D eigenvalue weighted by atomic mass is 10.1. The summed E-state index contributed by atoms with van der Waals surface area (Å²) < 4.78 is 39.1. The molecule has 1 heterocycles. The largest absolute Gasteiger partial charge is 0.442 e. The van der Waals surface area contributed by atoms with E-state index in [0.717, 1.165) is 27.6 Å². The number of halogens is 3. The van der Waals surface area contributed by atoms with Crippen LogP contribution in [-0.4, -0.2) is 14.7 Å². The van der Waals surface area contributed by atoms with Crippen LogP contribution in [0.1, 0.15) is 22.4 Å². The molecule has 2 rings (SSSR count). The number of aryl methyl sites for hydroxylation is 2. The summed E-state index contributed by atoms with van der Waals surface area (Å²) in [7, 11) is 0. The van der Waals surface area contributed by atoms with E-state index in [1.54, 1.807) is 12.1 Å². The highest BCUT2D eigenvalue weighted by Crippen LogP contribution is 2.34. The average molecular weight is 299 g/mol. The Morgan fingerprint density at radius 1 is 1.24 bits per heavy atom. The molecule has 8 heteroatoms. The van der Waals surface area contributed by atoms with E-state index in [2.05, 4.69) is 5.10 Å². The first kappa shape index (κ1) is 15.0. The molecule has 0 spiro atoms. The molecule has 0 aliphatic carbocycles. The van der Waals surface area contributed by atoms with E-state index in [9.17, 15) is 23.3 Å². The SMILES string of the molecule is Cc1cc(C)cc(Cn2cc([N+](=O)[O-])c(C(F)(F)F)n2)c1. The highest BCUT2D eigenvalue weighted by molar-refractivity contribution is 5.35. The van der Waals surface area contributed by atoms with Crippen LogP contribution in [0.5, 0.6) is 0 Å². The molecule has 2 aromatic rings. The van der Waals surface area contributed by atoms with Gasteiger partial charge in [-0.25, -0.2) is 0 Å². The lowest BCUT2D eigenvalue weighted by molar-refractivity contribution is -0.388. The number of nitrogens with zero attached hydrogens (tertiary/aromatic N) is 3. The van der Waals surface area contributed by atoms with Crippen molar-refractivity contribution in [2.75, 3.05) is 0 Å². The molecule has 21 heavy (non-hydrogen) atoms. The Hall–Kier alpha value is -2.38. The molecule has 0 saturated heterocycles. The van der Waals surface area contributed by atoms with E-state index in [4.69, 9.17) is 0 Å². The Balaban J connectivity index is 2.39. The van der Waals surface area contributed by atoms with E-state index >= 15 is 0 Å². The van der Waals surface area contributed by atoms with Gasteiger partial charge in [0.15, 0.2) is 0 Å². The van der Waals surface area contributed by atoms with E-state index in [-0.39, 0.29) is 6.54 Å². The van der Waals surface area contributed by atoms with E-state index in [1.807, 2.05) is 19.9 Å². The third kappa shape index (κ3) is 3.39. The highest BCUT2D eigenvalue weighted by atomic mass is 19.4. The van der Waals surface area contributed by atoms with Crippen molar-refractivity contribution in [3.63, 3.8) is 0 Å². The molecule has 0 N–H and O–H groups in total. The zero-order valence-electron chi connectivity index (χ0n) is 11.3. The van der Waals surface area contributed by atoms with Crippen LogP contribution in [0.3, 0.4) is 0 Å². The molecule has 0 amide bonds. The van der Waals surface area contributed by atoms with Crippen LogP contribution in [0.15, 0.2) is 24.4 Å². The number of alkyl halides is 3. The summed E-state index contributed by atoms with van der Waals surface area (Å²) in [5, 5.41) is 14.0.